The summed E-state index contributed by atoms with van der Waals surface area (Å²) in [5.41, 5.74) is 1.31. The molecule has 0 saturated heterocycles. The van der Waals surface area contributed by atoms with Crippen LogP contribution in [0.3, 0.4) is 0 Å². The first kappa shape index (κ1) is 11.1. The second-order valence-corrected chi connectivity index (χ2v) is 5.42. The average Bonchev–Trinajstić information content (AvgIpc) is 2.48. The van der Waals surface area contributed by atoms with E-state index in [1.54, 1.807) is 12.3 Å². The molecule has 0 aromatic carbocycles. The van der Waals surface area contributed by atoms with Crippen LogP contribution in [0.5, 0.6) is 0 Å². The Morgan fingerprint density at radius 3 is 2.75 bits per heavy atom. The average molecular weight is 218 g/mol. The summed E-state index contributed by atoms with van der Waals surface area (Å²) in [5.74, 6) is 1.28. The zero-order valence-corrected chi connectivity index (χ0v) is 10.2. The highest BCUT2D eigenvalue weighted by molar-refractivity contribution is 5.91. The third kappa shape index (κ3) is 2.40. The van der Waals surface area contributed by atoms with Crippen molar-refractivity contribution in [3.8, 4) is 0 Å². The number of aryl methyl sites for hydroxylation is 1. The number of hydrogen-bond donors (Lipinski definition) is 0. The molecule has 2 rings (SSSR count). The fraction of sp³-hybridized carbons (Fsp3) is 0.538. The number of hydrogen-bond acceptors (Lipinski definition) is 2. The molecule has 86 valence electrons. The predicted octanol–water partition coefficient (Wildman–Crippen LogP) is 2.28. The van der Waals surface area contributed by atoms with Crippen LogP contribution in [-0.2, 0) is 18.3 Å². The molecule has 3 heteroatoms. The van der Waals surface area contributed by atoms with Crippen molar-refractivity contribution in [2.45, 2.75) is 33.1 Å². The summed E-state index contributed by atoms with van der Waals surface area (Å²) in [5, 5.41) is 0. The number of rotatable bonds is 2. The van der Waals surface area contributed by atoms with Gasteiger partial charge in [-0.25, -0.2) is 4.98 Å². The summed E-state index contributed by atoms with van der Waals surface area (Å²) in [6, 6.07) is 0. The molecular formula is C13H18N2O. The van der Waals surface area contributed by atoms with Crippen LogP contribution < -0.4 is 0 Å². The van der Waals surface area contributed by atoms with Crippen molar-refractivity contribution >= 4 is 5.78 Å². The smallest absolute Gasteiger partial charge is 0.156 e. The molecule has 1 aromatic heterocycles. The summed E-state index contributed by atoms with van der Waals surface area (Å²) in [6.07, 6.45) is 7.98. The minimum Gasteiger partial charge on any atom is -0.338 e. The van der Waals surface area contributed by atoms with Crippen LogP contribution in [0.15, 0.2) is 24.0 Å². The second kappa shape index (κ2) is 3.89. The van der Waals surface area contributed by atoms with Gasteiger partial charge in [0.25, 0.3) is 0 Å². The molecule has 0 atom stereocenters. The maximum atomic E-state index is 11.6. The Balaban J connectivity index is 2.17. The van der Waals surface area contributed by atoms with Gasteiger partial charge in [0.2, 0.25) is 0 Å². The standard InChI is InChI=1S/C13H18N2O/c1-13(2)8-10(6-11(16)9-13)7-12-14-4-5-15(12)3/h4-6H,7-9H2,1-3H3. The Labute approximate surface area is 96.2 Å². The quantitative estimate of drug-likeness (QED) is 0.763. The van der Waals surface area contributed by atoms with Crippen molar-refractivity contribution in [3.05, 3.63) is 29.9 Å². The van der Waals surface area contributed by atoms with Crippen LogP contribution in [0.4, 0.5) is 0 Å². The lowest BCUT2D eigenvalue weighted by molar-refractivity contribution is -0.117. The van der Waals surface area contributed by atoms with E-state index in [-0.39, 0.29) is 11.2 Å². The first-order valence-electron chi connectivity index (χ1n) is 5.65. The van der Waals surface area contributed by atoms with E-state index in [2.05, 4.69) is 18.8 Å². The van der Waals surface area contributed by atoms with Gasteiger partial charge in [0.05, 0.1) is 0 Å². The molecule has 0 aliphatic heterocycles. The molecule has 0 spiro atoms. The number of carbonyl (C=O) groups is 1. The Hall–Kier alpha value is -1.38. The van der Waals surface area contributed by atoms with Gasteiger partial charge in [0.1, 0.15) is 5.82 Å². The summed E-state index contributed by atoms with van der Waals surface area (Å²) in [4.78, 5) is 15.9. The highest BCUT2D eigenvalue weighted by atomic mass is 16.1. The summed E-state index contributed by atoms with van der Waals surface area (Å²) >= 11 is 0. The van der Waals surface area contributed by atoms with Crippen LogP contribution in [0, 0.1) is 5.41 Å². The molecule has 1 aliphatic rings. The number of ketones is 1. The van der Waals surface area contributed by atoms with Gasteiger partial charge in [0.15, 0.2) is 5.78 Å². The van der Waals surface area contributed by atoms with Gasteiger partial charge in [-0.3, -0.25) is 4.79 Å². The molecule has 0 amide bonds. The van der Waals surface area contributed by atoms with Gasteiger partial charge in [-0.05, 0) is 17.9 Å². The minimum absolute atomic E-state index is 0.104. The van der Waals surface area contributed by atoms with Crippen molar-refractivity contribution in [3.63, 3.8) is 0 Å². The Morgan fingerprint density at radius 1 is 1.44 bits per heavy atom. The maximum absolute atomic E-state index is 11.6. The SMILES string of the molecule is Cn1ccnc1CC1=CC(=O)CC(C)(C)C1. The van der Waals surface area contributed by atoms with Crippen molar-refractivity contribution in [1.82, 2.24) is 9.55 Å². The molecule has 0 saturated carbocycles. The number of aromatic nitrogens is 2. The highest BCUT2D eigenvalue weighted by Crippen LogP contribution is 2.34. The monoisotopic (exact) mass is 218 g/mol. The fourth-order valence-corrected chi connectivity index (χ4v) is 2.36. The molecule has 16 heavy (non-hydrogen) atoms. The molecule has 0 unspecified atom stereocenters. The van der Waals surface area contributed by atoms with Crippen LogP contribution in [0.25, 0.3) is 0 Å². The molecular weight excluding hydrogens is 200 g/mol. The number of carbonyl (C=O) groups excluding carboxylic acids is 1. The lowest BCUT2D eigenvalue weighted by atomic mass is 9.76. The van der Waals surface area contributed by atoms with E-state index in [9.17, 15) is 4.79 Å². The zero-order valence-electron chi connectivity index (χ0n) is 10.2. The van der Waals surface area contributed by atoms with Crippen LogP contribution in [0.2, 0.25) is 0 Å². The highest BCUT2D eigenvalue weighted by Gasteiger charge is 2.27. The molecule has 1 heterocycles. The normalized spacial score (nSPS) is 19.7. The lowest BCUT2D eigenvalue weighted by Crippen LogP contribution is -2.22. The Bertz CT molecular complexity index is 441. The van der Waals surface area contributed by atoms with Gasteiger partial charge in [-0.1, -0.05) is 19.4 Å². The van der Waals surface area contributed by atoms with E-state index in [4.69, 9.17) is 0 Å². The first-order valence-corrected chi connectivity index (χ1v) is 5.65. The van der Waals surface area contributed by atoms with E-state index < -0.39 is 0 Å². The maximum Gasteiger partial charge on any atom is 0.156 e. The summed E-state index contributed by atoms with van der Waals surface area (Å²) < 4.78 is 2.01. The Kier molecular flexibility index (Phi) is 2.70. The molecule has 0 fully saturated rings. The van der Waals surface area contributed by atoms with Crippen LogP contribution in [0.1, 0.15) is 32.5 Å². The lowest BCUT2D eigenvalue weighted by Gasteiger charge is -2.28. The number of allylic oxidation sites excluding steroid dienone is 2. The van der Waals surface area contributed by atoms with E-state index in [0.717, 1.165) is 18.7 Å². The third-order valence-electron chi connectivity index (χ3n) is 3.03. The topological polar surface area (TPSA) is 34.9 Å². The molecule has 1 aliphatic carbocycles. The van der Waals surface area contributed by atoms with Crippen molar-refractivity contribution in [2.24, 2.45) is 12.5 Å². The van der Waals surface area contributed by atoms with Gasteiger partial charge in [-0.15, -0.1) is 0 Å². The van der Waals surface area contributed by atoms with Crippen molar-refractivity contribution < 1.29 is 4.79 Å². The first-order chi connectivity index (χ1) is 7.46. The second-order valence-electron chi connectivity index (χ2n) is 5.42. The fourth-order valence-electron chi connectivity index (χ4n) is 2.36. The van der Waals surface area contributed by atoms with Gasteiger partial charge in [-0.2, -0.15) is 0 Å². The third-order valence-corrected chi connectivity index (χ3v) is 3.03. The zero-order chi connectivity index (χ0) is 11.8. The molecule has 0 N–H and O–H groups in total. The van der Waals surface area contributed by atoms with Gasteiger partial charge in [0, 0.05) is 32.3 Å². The number of imidazole rings is 1. The molecule has 3 nitrogen and oxygen atoms in total. The van der Waals surface area contributed by atoms with Gasteiger partial charge < -0.3 is 4.57 Å². The van der Waals surface area contributed by atoms with Crippen LogP contribution >= 0.6 is 0 Å². The van der Waals surface area contributed by atoms with E-state index >= 15 is 0 Å². The van der Waals surface area contributed by atoms with Crippen LogP contribution in [-0.4, -0.2) is 15.3 Å². The Morgan fingerprint density at radius 2 is 2.19 bits per heavy atom. The van der Waals surface area contributed by atoms with Crippen molar-refractivity contribution in [1.29, 1.82) is 0 Å². The van der Waals surface area contributed by atoms with E-state index in [1.807, 2.05) is 17.8 Å². The molecule has 1 aromatic rings. The minimum atomic E-state index is 0.104. The largest absolute Gasteiger partial charge is 0.338 e. The summed E-state index contributed by atoms with van der Waals surface area (Å²) in [6.45, 7) is 4.30. The predicted molar refractivity (Wildman–Crippen MR) is 63.0 cm³/mol. The summed E-state index contributed by atoms with van der Waals surface area (Å²) in [7, 11) is 1.98. The molecule has 0 bridgehead atoms. The van der Waals surface area contributed by atoms with Crippen molar-refractivity contribution in [2.75, 3.05) is 0 Å². The molecule has 0 radical (unpaired) electrons. The van der Waals surface area contributed by atoms with E-state index in [1.165, 1.54) is 5.57 Å². The van der Waals surface area contributed by atoms with Gasteiger partial charge >= 0.3 is 0 Å². The number of nitrogens with zero attached hydrogens (tertiary/aromatic N) is 2. The van der Waals surface area contributed by atoms with E-state index in [0.29, 0.717) is 6.42 Å².